The first-order valence-electron chi connectivity index (χ1n) is 13.9. The monoisotopic (exact) mass is 633 g/mol. The van der Waals surface area contributed by atoms with Crippen LogP contribution in [0.15, 0.2) is 6.20 Å². The van der Waals surface area contributed by atoms with Gasteiger partial charge in [-0.3, -0.25) is 28.4 Å². The number of nitrogens with one attached hydrogen (secondary N) is 4. The van der Waals surface area contributed by atoms with Crippen molar-refractivity contribution in [3.63, 3.8) is 0 Å². The summed E-state index contributed by atoms with van der Waals surface area (Å²) in [5.41, 5.74) is 11.2. The number of carboxylic acids is 1. The smallest absolute Gasteiger partial charge is 0.327 e. The first-order valence-corrected chi connectivity index (χ1v) is 15.7. The van der Waals surface area contributed by atoms with Gasteiger partial charge in [-0.1, -0.05) is 5.21 Å². The highest BCUT2D eigenvalue weighted by Gasteiger charge is 2.30. The number of aromatic nitrogens is 3. The molecule has 1 heterocycles. The Kier molecular flexibility index (Phi) is 16.6. The maximum atomic E-state index is 13.3. The lowest BCUT2D eigenvalue weighted by molar-refractivity contribution is -0.142. The van der Waals surface area contributed by atoms with Crippen LogP contribution in [0.5, 0.6) is 0 Å². The van der Waals surface area contributed by atoms with Crippen molar-refractivity contribution in [2.24, 2.45) is 11.5 Å². The van der Waals surface area contributed by atoms with Gasteiger partial charge in [-0.05, 0) is 58.5 Å². The van der Waals surface area contributed by atoms with Crippen molar-refractivity contribution in [2.75, 3.05) is 19.3 Å². The maximum Gasteiger partial charge on any atom is 0.327 e. The van der Waals surface area contributed by atoms with E-state index in [0.717, 1.165) is 0 Å². The SMILES string of the molecule is CC(=O)N[C@@H](CCCCN)C(=O)N[C@@H](Cc1cn(CCP(=O)(O)O)nn1)C(=O)N[C@@H](C)C(=O)N[C@@H](CCCCN)C(=O)O. The van der Waals surface area contributed by atoms with E-state index in [4.69, 9.17) is 21.3 Å². The number of unbranched alkanes of at least 4 members (excludes halogenated alkanes) is 2. The van der Waals surface area contributed by atoms with E-state index >= 15 is 0 Å². The van der Waals surface area contributed by atoms with Crippen LogP contribution in [0.3, 0.4) is 0 Å². The molecule has 4 amide bonds. The third-order valence-electron chi connectivity index (χ3n) is 6.21. The van der Waals surface area contributed by atoms with E-state index in [2.05, 4.69) is 31.6 Å². The Hall–Kier alpha value is -3.44. The van der Waals surface area contributed by atoms with Crippen molar-refractivity contribution in [3.8, 4) is 0 Å². The van der Waals surface area contributed by atoms with Crippen LogP contribution < -0.4 is 32.7 Å². The van der Waals surface area contributed by atoms with Crippen LogP contribution in [0.4, 0.5) is 0 Å². The van der Waals surface area contributed by atoms with Crippen LogP contribution in [0.2, 0.25) is 0 Å². The Morgan fingerprint density at radius 2 is 1.44 bits per heavy atom. The molecule has 18 nitrogen and oxygen atoms in total. The van der Waals surface area contributed by atoms with Crippen molar-refractivity contribution in [3.05, 3.63) is 11.9 Å². The van der Waals surface area contributed by atoms with Gasteiger partial charge in [-0.25, -0.2) is 4.79 Å². The normalized spacial score (nSPS) is 14.2. The van der Waals surface area contributed by atoms with Gasteiger partial charge in [0.05, 0.1) is 18.4 Å². The summed E-state index contributed by atoms with van der Waals surface area (Å²) in [7, 11) is -4.30. The first-order chi connectivity index (χ1) is 20.2. The molecule has 0 aromatic carbocycles. The molecule has 0 saturated carbocycles. The Labute approximate surface area is 249 Å². The van der Waals surface area contributed by atoms with Gasteiger partial charge in [0.2, 0.25) is 23.6 Å². The summed E-state index contributed by atoms with van der Waals surface area (Å²) in [5.74, 6) is -3.95. The average Bonchev–Trinajstić information content (AvgIpc) is 3.37. The van der Waals surface area contributed by atoms with Crippen LogP contribution in [0.25, 0.3) is 0 Å². The third-order valence-corrected chi connectivity index (χ3v) is 6.99. The van der Waals surface area contributed by atoms with Crippen molar-refractivity contribution >= 4 is 37.2 Å². The Morgan fingerprint density at radius 3 is 1.98 bits per heavy atom. The predicted octanol–water partition coefficient (Wildman–Crippen LogP) is -2.68. The molecule has 1 aromatic heterocycles. The number of nitrogens with two attached hydrogens (primary N) is 2. The number of aliphatic carboxylic acids is 1. The Morgan fingerprint density at radius 1 is 0.884 bits per heavy atom. The summed E-state index contributed by atoms with van der Waals surface area (Å²) >= 11 is 0. The van der Waals surface area contributed by atoms with E-state index in [-0.39, 0.29) is 31.5 Å². The Bertz CT molecular complexity index is 1130. The summed E-state index contributed by atoms with van der Waals surface area (Å²) in [6, 6.07) is -4.69. The van der Waals surface area contributed by atoms with Gasteiger partial charge in [0.1, 0.15) is 24.2 Å². The van der Waals surface area contributed by atoms with Gasteiger partial charge >= 0.3 is 13.6 Å². The molecule has 0 aliphatic heterocycles. The fourth-order valence-electron chi connectivity index (χ4n) is 3.90. The number of aryl methyl sites for hydroxylation is 1. The molecule has 0 aliphatic rings. The number of nitrogens with zero attached hydrogens (tertiary/aromatic N) is 3. The van der Waals surface area contributed by atoms with Crippen molar-refractivity contribution in [1.82, 2.24) is 36.3 Å². The molecule has 0 fully saturated rings. The minimum Gasteiger partial charge on any atom is -0.480 e. The standard InChI is InChI=1S/C24H44N9O9P/c1-15(21(35)29-19(24(38)39)8-4-6-10-26)27-23(37)20(13-17-14-33(32-31-17)11-12-43(40,41)42)30-22(36)18(28-16(2)34)7-3-5-9-25/h14-15,18-20H,3-13,25-26H2,1-2H3,(H,27,37)(H,28,34)(H,29,35)(H,30,36)(H,38,39)(H2,40,41,42)/t15-,18-,19-,20-/m0/s1. The number of amides is 4. The molecule has 1 rings (SSSR count). The predicted molar refractivity (Wildman–Crippen MR) is 153 cm³/mol. The van der Waals surface area contributed by atoms with E-state index in [0.29, 0.717) is 38.8 Å². The molecular formula is C24H44N9O9P. The van der Waals surface area contributed by atoms with E-state index in [9.17, 15) is 33.6 Å². The van der Waals surface area contributed by atoms with Crippen molar-refractivity contribution in [1.29, 1.82) is 0 Å². The number of carbonyl (C=O) groups is 5. The maximum absolute atomic E-state index is 13.3. The minimum absolute atomic E-state index is 0.143. The van der Waals surface area contributed by atoms with Crippen LogP contribution in [-0.2, 0) is 41.5 Å². The van der Waals surface area contributed by atoms with Crippen LogP contribution in [0.1, 0.15) is 58.1 Å². The lowest BCUT2D eigenvalue weighted by Gasteiger charge is -2.24. The second-order valence-electron chi connectivity index (χ2n) is 10.1. The van der Waals surface area contributed by atoms with Crippen molar-refractivity contribution < 1.29 is 43.4 Å². The second kappa shape index (κ2) is 19.0. The molecule has 0 saturated heterocycles. The fourth-order valence-corrected chi connectivity index (χ4v) is 4.36. The molecule has 11 N–H and O–H groups in total. The summed E-state index contributed by atoms with van der Waals surface area (Å²) in [6.45, 7) is 3.18. The van der Waals surface area contributed by atoms with Crippen LogP contribution >= 0.6 is 7.60 Å². The number of rotatable bonds is 21. The summed E-state index contributed by atoms with van der Waals surface area (Å²) in [6.07, 6.45) is 3.18. The van der Waals surface area contributed by atoms with Gasteiger partial charge in [-0.15, -0.1) is 5.10 Å². The molecule has 0 bridgehead atoms. The van der Waals surface area contributed by atoms with Gasteiger partial charge in [0.25, 0.3) is 0 Å². The lowest BCUT2D eigenvalue weighted by Crippen LogP contribution is -2.57. The minimum atomic E-state index is -4.30. The number of carbonyl (C=O) groups excluding carboxylic acids is 4. The van der Waals surface area contributed by atoms with Gasteiger partial charge in [-0.2, -0.15) is 0 Å². The average molecular weight is 634 g/mol. The van der Waals surface area contributed by atoms with E-state index in [1.165, 1.54) is 24.7 Å². The molecule has 1 aromatic rings. The fraction of sp³-hybridized carbons (Fsp3) is 0.708. The van der Waals surface area contributed by atoms with Crippen molar-refractivity contribution in [2.45, 2.75) is 89.5 Å². The number of carboxylic acid groups (broad SMARTS) is 1. The quantitative estimate of drug-likeness (QED) is 0.0493. The van der Waals surface area contributed by atoms with Gasteiger partial charge in [0.15, 0.2) is 0 Å². The van der Waals surface area contributed by atoms with E-state index in [1.54, 1.807) is 0 Å². The van der Waals surface area contributed by atoms with Crippen LogP contribution in [0, 0.1) is 0 Å². The molecule has 0 unspecified atom stereocenters. The van der Waals surface area contributed by atoms with Gasteiger partial charge in [0, 0.05) is 19.5 Å². The second-order valence-corrected chi connectivity index (χ2v) is 11.9. The highest BCUT2D eigenvalue weighted by molar-refractivity contribution is 7.51. The van der Waals surface area contributed by atoms with Gasteiger partial charge < -0.3 is 47.6 Å². The van der Waals surface area contributed by atoms with E-state index in [1.807, 2.05) is 0 Å². The largest absolute Gasteiger partial charge is 0.480 e. The highest BCUT2D eigenvalue weighted by Crippen LogP contribution is 2.33. The molecular weight excluding hydrogens is 589 g/mol. The third kappa shape index (κ3) is 15.6. The molecule has 0 spiro atoms. The zero-order valence-electron chi connectivity index (χ0n) is 24.4. The molecule has 0 radical (unpaired) electrons. The molecule has 244 valence electrons. The zero-order valence-corrected chi connectivity index (χ0v) is 25.3. The molecule has 19 heteroatoms. The molecule has 0 aliphatic carbocycles. The number of hydrogen-bond donors (Lipinski definition) is 9. The topological polar surface area (TPSA) is 294 Å². The summed E-state index contributed by atoms with van der Waals surface area (Å²) in [5, 5.41) is 27.1. The lowest BCUT2D eigenvalue weighted by atomic mass is 10.1. The highest BCUT2D eigenvalue weighted by atomic mass is 31.2. The first kappa shape index (κ1) is 37.6. The van der Waals surface area contributed by atoms with Crippen LogP contribution in [-0.4, -0.2) is 103 Å². The number of hydrogen-bond acceptors (Lipinski definition) is 10. The Balaban J connectivity index is 3.09. The summed E-state index contributed by atoms with van der Waals surface area (Å²) < 4.78 is 12.4. The molecule has 4 atom stereocenters. The zero-order chi connectivity index (χ0) is 32.6. The van der Waals surface area contributed by atoms with E-state index < -0.39 is 67.5 Å². The summed E-state index contributed by atoms with van der Waals surface area (Å²) in [4.78, 5) is 80.6. The molecule has 43 heavy (non-hydrogen) atoms.